The number of benzene rings is 4. The molecule has 0 saturated carbocycles. The van der Waals surface area contributed by atoms with Crippen LogP contribution < -0.4 is 5.32 Å². The molecule has 0 aliphatic heterocycles. The van der Waals surface area contributed by atoms with Gasteiger partial charge in [0.05, 0.1) is 6.04 Å². The van der Waals surface area contributed by atoms with Crippen LogP contribution >= 0.6 is 0 Å². The van der Waals surface area contributed by atoms with Gasteiger partial charge < -0.3 is 5.32 Å². The minimum absolute atomic E-state index is 0.0110. The molecule has 1 unspecified atom stereocenters. The van der Waals surface area contributed by atoms with E-state index in [1.165, 1.54) is 5.56 Å². The normalized spacial score (nSPS) is 11.8. The standard InChI is InChI=1S/C29H27NO/c1-22-17-19-26(20-18-22)29(25-15-9-4-10-16-25)30-28(31)21-27(23-11-5-2-6-12-23)24-13-7-3-8-14-24/h2-20,27,29H,21H2,1H3,(H,30,31). The van der Waals surface area contributed by atoms with Gasteiger partial charge in [0.25, 0.3) is 0 Å². The first-order valence-corrected chi connectivity index (χ1v) is 10.7. The van der Waals surface area contributed by atoms with Crippen molar-refractivity contribution >= 4 is 5.91 Å². The summed E-state index contributed by atoms with van der Waals surface area (Å²) in [4.78, 5) is 13.3. The molecular weight excluding hydrogens is 378 g/mol. The number of carbonyl (C=O) groups excluding carboxylic acids is 1. The number of hydrogen-bond donors (Lipinski definition) is 1. The van der Waals surface area contributed by atoms with Crippen molar-refractivity contribution in [1.29, 1.82) is 0 Å². The van der Waals surface area contributed by atoms with Crippen LogP contribution in [0.2, 0.25) is 0 Å². The van der Waals surface area contributed by atoms with Crippen LogP contribution in [0.4, 0.5) is 0 Å². The number of amides is 1. The molecule has 4 rings (SSSR count). The van der Waals surface area contributed by atoms with Crippen LogP contribution in [0.15, 0.2) is 115 Å². The van der Waals surface area contributed by atoms with E-state index in [9.17, 15) is 4.79 Å². The molecule has 0 aromatic heterocycles. The van der Waals surface area contributed by atoms with E-state index < -0.39 is 0 Å². The first-order valence-electron chi connectivity index (χ1n) is 10.7. The maximum Gasteiger partial charge on any atom is 0.221 e. The fourth-order valence-electron chi connectivity index (χ4n) is 3.97. The van der Waals surface area contributed by atoms with E-state index in [0.717, 1.165) is 22.3 Å². The van der Waals surface area contributed by atoms with Crippen molar-refractivity contribution in [2.24, 2.45) is 0 Å². The highest BCUT2D eigenvalue weighted by molar-refractivity contribution is 5.78. The molecule has 0 aliphatic carbocycles. The second kappa shape index (κ2) is 9.90. The van der Waals surface area contributed by atoms with Crippen LogP contribution in [0.25, 0.3) is 0 Å². The molecule has 1 N–H and O–H groups in total. The molecule has 0 heterocycles. The van der Waals surface area contributed by atoms with Crippen molar-refractivity contribution in [3.05, 3.63) is 143 Å². The molecule has 0 saturated heterocycles. The van der Waals surface area contributed by atoms with Gasteiger partial charge in [-0.25, -0.2) is 0 Å². The van der Waals surface area contributed by atoms with Crippen molar-refractivity contribution in [3.8, 4) is 0 Å². The Morgan fingerprint density at radius 2 is 1.03 bits per heavy atom. The highest BCUT2D eigenvalue weighted by Gasteiger charge is 2.22. The van der Waals surface area contributed by atoms with Crippen molar-refractivity contribution in [1.82, 2.24) is 5.32 Å². The van der Waals surface area contributed by atoms with E-state index in [-0.39, 0.29) is 17.9 Å². The van der Waals surface area contributed by atoms with E-state index in [1.54, 1.807) is 0 Å². The summed E-state index contributed by atoms with van der Waals surface area (Å²) in [6.07, 6.45) is 0.392. The molecule has 2 heteroatoms. The third-order valence-corrected chi connectivity index (χ3v) is 5.64. The van der Waals surface area contributed by atoms with Gasteiger partial charge in [0, 0.05) is 12.3 Å². The number of rotatable bonds is 7. The predicted molar refractivity (Wildman–Crippen MR) is 127 cm³/mol. The zero-order chi connectivity index (χ0) is 21.5. The fourth-order valence-corrected chi connectivity index (χ4v) is 3.97. The summed E-state index contributed by atoms with van der Waals surface area (Å²) in [6, 6.07) is 38.9. The molecule has 0 fully saturated rings. The SMILES string of the molecule is Cc1ccc(C(NC(=O)CC(c2ccccc2)c2ccccc2)c2ccccc2)cc1. The second-order valence-corrected chi connectivity index (χ2v) is 7.90. The summed E-state index contributed by atoms with van der Waals surface area (Å²) in [7, 11) is 0. The molecule has 1 atom stereocenters. The average Bonchev–Trinajstić information content (AvgIpc) is 2.83. The summed E-state index contributed by atoms with van der Waals surface area (Å²) < 4.78 is 0. The Morgan fingerprint density at radius 1 is 0.613 bits per heavy atom. The summed E-state index contributed by atoms with van der Waals surface area (Å²) in [5.74, 6) is 0.0453. The molecular formula is C29H27NO. The van der Waals surface area contributed by atoms with Crippen LogP contribution in [0.5, 0.6) is 0 Å². The second-order valence-electron chi connectivity index (χ2n) is 7.90. The summed E-state index contributed by atoms with van der Waals surface area (Å²) in [6.45, 7) is 2.07. The van der Waals surface area contributed by atoms with Crippen LogP contribution in [0, 0.1) is 6.92 Å². The first kappa shape index (κ1) is 20.6. The molecule has 154 valence electrons. The minimum atomic E-state index is -0.179. The Balaban J connectivity index is 1.61. The van der Waals surface area contributed by atoms with Gasteiger partial charge in [-0.2, -0.15) is 0 Å². The van der Waals surface area contributed by atoms with Crippen LogP contribution in [0.3, 0.4) is 0 Å². The Kier molecular flexibility index (Phi) is 6.59. The maximum atomic E-state index is 13.3. The number of hydrogen-bond acceptors (Lipinski definition) is 1. The summed E-state index contributed by atoms with van der Waals surface area (Å²) >= 11 is 0. The van der Waals surface area contributed by atoms with Crippen LogP contribution in [-0.4, -0.2) is 5.91 Å². The van der Waals surface area contributed by atoms with Gasteiger partial charge in [-0.15, -0.1) is 0 Å². The smallest absolute Gasteiger partial charge is 0.221 e. The fraction of sp³-hybridized carbons (Fsp3) is 0.138. The number of nitrogens with one attached hydrogen (secondary N) is 1. The maximum absolute atomic E-state index is 13.3. The predicted octanol–water partition coefficient (Wildman–Crippen LogP) is 6.42. The van der Waals surface area contributed by atoms with Gasteiger partial charge in [0.15, 0.2) is 0 Å². The number of aryl methyl sites for hydroxylation is 1. The van der Waals surface area contributed by atoms with E-state index in [1.807, 2.05) is 54.6 Å². The highest BCUT2D eigenvalue weighted by atomic mass is 16.1. The number of carbonyl (C=O) groups is 1. The van der Waals surface area contributed by atoms with E-state index in [4.69, 9.17) is 0 Å². The molecule has 31 heavy (non-hydrogen) atoms. The minimum Gasteiger partial charge on any atom is -0.345 e. The van der Waals surface area contributed by atoms with E-state index >= 15 is 0 Å². The van der Waals surface area contributed by atoms with Crippen molar-refractivity contribution < 1.29 is 4.79 Å². The van der Waals surface area contributed by atoms with Gasteiger partial charge in [0.2, 0.25) is 5.91 Å². The van der Waals surface area contributed by atoms with Gasteiger partial charge >= 0.3 is 0 Å². The van der Waals surface area contributed by atoms with Gasteiger partial charge in [-0.1, -0.05) is 121 Å². The zero-order valence-corrected chi connectivity index (χ0v) is 17.7. The molecule has 1 amide bonds. The Bertz CT molecular complexity index is 1050. The monoisotopic (exact) mass is 405 g/mol. The van der Waals surface area contributed by atoms with Crippen molar-refractivity contribution in [3.63, 3.8) is 0 Å². The quantitative estimate of drug-likeness (QED) is 0.377. The van der Waals surface area contributed by atoms with Crippen LogP contribution in [0.1, 0.15) is 46.2 Å². The van der Waals surface area contributed by atoms with Gasteiger partial charge in [-0.3, -0.25) is 4.79 Å². The lowest BCUT2D eigenvalue weighted by Crippen LogP contribution is -2.30. The lowest BCUT2D eigenvalue weighted by Gasteiger charge is -2.23. The largest absolute Gasteiger partial charge is 0.345 e. The third kappa shape index (κ3) is 5.29. The topological polar surface area (TPSA) is 29.1 Å². The molecule has 0 spiro atoms. The van der Waals surface area contributed by atoms with Gasteiger partial charge in [0.1, 0.15) is 0 Å². The lowest BCUT2D eigenvalue weighted by atomic mass is 9.88. The summed E-state index contributed by atoms with van der Waals surface area (Å²) in [5, 5.41) is 3.30. The van der Waals surface area contributed by atoms with Crippen molar-refractivity contribution in [2.45, 2.75) is 25.3 Å². The molecule has 4 aromatic carbocycles. The Labute approximate surface area is 184 Å². The average molecular weight is 406 g/mol. The lowest BCUT2D eigenvalue weighted by molar-refractivity contribution is -0.121. The molecule has 4 aromatic rings. The Hall–Kier alpha value is -3.65. The van der Waals surface area contributed by atoms with Crippen LogP contribution in [-0.2, 0) is 4.79 Å². The Morgan fingerprint density at radius 3 is 1.52 bits per heavy atom. The molecule has 0 bridgehead atoms. The van der Waals surface area contributed by atoms with Gasteiger partial charge in [-0.05, 0) is 29.2 Å². The molecule has 2 nitrogen and oxygen atoms in total. The van der Waals surface area contributed by atoms with E-state index in [0.29, 0.717) is 6.42 Å². The van der Waals surface area contributed by atoms with E-state index in [2.05, 4.69) is 72.9 Å². The molecule has 0 aliphatic rings. The molecule has 0 radical (unpaired) electrons. The van der Waals surface area contributed by atoms with Crippen molar-refractivity contribution in [2.75, 3.05) is 0 Å². The zero-order valence-electron chi connectivity index (χ0n) is 17.7. The summed E-state index contributed by atoms with van der Waals surface area (Å²) in [5.41, 5.74) is 5.66. The first-order chi connectivity index (χ1) is 15.2. The highest BCUT2D eigenvalue weighted by Crippen LogP contribution is 2.29. The third-order valence-electron chi connectivity index (χ3n) is 5.64.